The van der Waals surface area contributed by atoms with Crippen molar-refractivity contribution in [1.82, 2.24) is 0 Å². The van der Waals surface area contributed by atoms with Crippen molar-refractivity contribution < 1.29 is 0 Å². The number of benzene rings is 1. The lowest BCUT2D eigenvalue weighted by atomic mass is 10.0. The Labute approximate surface area is 110 Å². The van der Waals surface area contributed by atoms with Gasteiger partial charge in [-0.3, -0.25) is 0 Å². The van der Waals surface area contributed by atoms with E-state index in [0.29, 0.717) is 0 Å². The van der Waals surface area contributed by atoms with Gasteiger partial charge in [0.25, 0.3) is 0 Å². The largest absolute Gasteiger partial charge is 0.323 e. The molecule has 1 nitrogen and oxygen atoms in total. The molecular weight excluding hydrogens is 226 g/mol. The lowest BCUT2D eigenvalue weighted by Crippen LogP contribution is -2.14. The molecule has 0 bridgehead atoms. The summed E-state index contributed by atoms with van der Waals surface area (Å²) in [4.78, 5) is 0. The van der Waals surface area contributed by atoms with E-state index in [1.165, 1.54) is 23.3 Å². The van der Waals surface area contributed by atoms with E-state index < -0.39 is 0 Å². The minimum absolute atomic E-state index is 0.176. The van der Waals surface area contributed by atoms with Gasteiger partial charge < -0.3 is 5.73 Å². The standard InChI is InChI=1S/C15H25NS/c1-4-6-13-7-5-8-14(9-13)15(16)11-17-10-12(2)3/h5,7-9,12,15H,4,6,10-11,16H2,1-3H3. The average Bonchev–Trinajstić information content (AvgIpc) is 2.29. The Hall–Kier alpha value is -0.470. The van der Waals surface area contributed by atoms with Gasteiger partial charge in [-0.25, -0.2) is 0 Å². The zero-order valence-electron chi connectivity index (χ0n) is 11.3. The second kappa shape index (κ2) is 7.78. The van der Waals surface area contributed by atoms with Gasteiger partial charge in [0, 0.05) is 11.8 Å². The van der Waals surface area contributed by atoms with Crippen LogP contribution in [-0.4, -0.2) is 11.5 Å². The Bertz CT molecular complexity index is 322. The zero-order valence-corrected chi connectivity index (χ0v) is 12.1. The lowest BCUT2D eigenvalue weighted by molar-refractivity contribution is 0.746. The molecule has 2 N–H and O–H groups in total. The molecule has 0 aromatic heterocycles. The molecule has 2 heteroatoms. The summed E-state index contributed by atoms with van der Waals surface area (Å²) in [6.45, 7) is 6.71. The highest BCUT2D eigenvalue weighted by molar-refractivity contribution is 7.99. The first kappa shape index (κ1) is 14.6. The average molecular weight is 251 g/mol. The third kappa shape index (κ3) is 5.60. The van der Waals surface area contributed by atoms with Crippen molar-refractivity contribution in [2.45, 2.75) is 39.7 Å². The predicted octanol–water partition coefficient (Wildman–Crippen LogP) is 4.03. The molecule has 0 saturated carbocycles. The maximum Gasteiger partial charge on any atom is 0.0386 e. The first-order chi connectivity index (χ1) is 8.13. The SMILES string of the molecule is CCCc1cccc(C(N)CSCC(C)C)c1. The van der Waals surface area contributed by atoms with E-state index in [1.54, 1.807) is 0 Å². The zero-order chi connectivity index (χ0) is 12.7. The summed E-state index contributed by atoms with van der Waals surface area (Å²) in [5.74, 6) is 2.97. The van der Waals surface area contributed by atoms with Gasteiger partial charge in [0.2, 0.25) is 0 Å². The summed E-state index contributed by atoms with van der Waals surface area (Å²) in [7, 11) is 0. The predicted molar refractivity (Wildman–Crippen MR) is 79.5 cm³/mol. The highest BCUT2D eigenvalue weighted by Gasteiger charge is 2.07. The van der Waals surface area contributed by atoms with Gasteiger partial charge in [0.15, 0.2) is 0 Å². The first-order valence-electron chi connectivity index (χ1n) is 6.55. The van der Waals surface area contributed by atoms with Crippen LogP contribution in [0, 0.1) is 5.92 Å². The van der Waals surface area contributed by atoms with Crippen LogP contribution in [0.1, 0.15) is 44.4 Å². The first-order valence-corrected chi connectivity index (χ1v) is 7.71. The fourth-order valence-corrected chi connectivity index (χ4v) is 2.85. The van der Waals surface area contributed by atoms with Crippen molar-refractivity contribution >= 4 is 11.8 Å². The Morgan fingerprint density at radius 3 is 2.65 bits per heavy atom. The highest BCUT2D eigenvalue weighted by atomic mass is 32.2. The minimum Gasteiger partial charge on any atom is -0.323 e. The van der Waals surface area contributed by atoms with Gasteiger partial charge in [0.1, 0.15) is 0 Å². The quantitative estimate of drug-likeness (QED) is 0.792. The molecule has 0 aliphatic carbocycles. The lowest BCUT2D eigenvalue weighted by Gasteiger charge is -2.13. The minimum atomic E-state index is 0.176. The van der Waals surface area contributed by atoms with Gasteiger partial charge in [-0.15, -0.1) is 0 Å². The van der Waals surface area contributed by atoms with Gasteiger partial charge in [-0.1, -0.05) is 51.5 Å². The molecule has 1 aromatic carbocycles. The van der Waals surface area contributed by atoms with Crippen LogP contribution in [0.25, 0.3) is 0 Å². The van der Waals surface area contributed by atoms with Crippen molar-refractivity contribution in [1.29, 1.82) is 0 Å². The second-order valence-electron chi connectivity index (χ2n) is 5.03. The molecule has 0 aliphatic heterocycles. The van der Waals surface area contributed by atoms with Gasteiger partial charge in [-0.2, -0.15) is 11.8 Å². The molecular formula is C15H25NS. The van der Waals surface area contributed by atoms with Crippen LogP contribution in [0.4, 0.5) is 0 Å². The van der Waals surface area contributed by atoms with Crippen LogP contribution in [0.3, 0.4) is 0 Å². The van der Waals surface area contributed by atoms with Crippen molar-refractivity contribution in [2.75, 3.05) is 11.5 Å². The van der Waals surface area contributed by atoms with E-state index in [0.717, 1.165) is 18.1 Å². The van der Waals surface area contributed by atoms with E-state index in [1.807, 2.05) is 11.8 Å². The molecule has 0 amide bonds. The monoisotopic (exact) mass is 251 g/mol. The van der Waals surface area contributed by atoms with E-state index in [2.05, 4.69) is 45.0 Å². The van der Waals surface area contributed by atoms with Crippen LogP contribution >= 0.6 is 11.8 Å². The fourth-order valence-electron chi connectivity index (χ4n) is 1.79. The van der Waals surface area contributed by atoms with Crippen LogP contribution in [0.2, 0.25) is 0 Å². The molecule has 0 spiro atoms. The molecule has 1 aromatic rings. The molecule has 1 unspecified atom stereocenters. The maximum atomic E-state index is 6.23. The van der Waals surface area contributed by atoms with E-state index >= 15 is 0 Å². The maximum absolute atomic E-state index is 6.23. The summed E-state index contributed by atoms with van der Waals surface area (Å²) in [5, 5.41) is 0. The molecule has 0 saturated heterocycles. The second-order valence-corrected chi connectivity index (χ2v) is 6.11. The molecule has 1 rings (SSSR count). The smallest absolute Gasteiger partial charge is 0.0386 e. The number of hydrogen-bond donors (Lipinski definition) is 1. The molecule has 96 valence electrons. The van der Waals surface area contributed by atoms with Crippen molar-refractivity contribution in [3.05, 3.63) is 35.4 Å². The van der Waals surface area contributed by atoms with E-state index in [4.69, 9.17) is 5.73 Å². The molecule has 17 heavy (non-hydrogen) atoms. The van der Waals surface area contributed by atoms with Crippen molar-refractivity contribution in [3.8, 4) is 0 Å². The van der Waals surface area contributed by atoms with Gasteiger partial charge >= 0.3 is 0 Å². The normalized spacial score (nSPS) is 13.0. The topological polar surface area (TPSA) is 26.0 Å². The number of hydrogen-bond acceptors (Lipinski definition) is 2. The molecule has 1 atom stereocenters. The summed E-state index contributed by atoms with van der Waals surface area (Å²) in [6.07, 6.45) is 2.35. The number of nitrogens with two attached hydrogens (primary N) is 1. The van der Waals surface area contributed by atoms with Gasteiger partial charge in [-0.05, 0) is 29.2 Å². The third-order valence-corrected chi connectivity index (χ3v) is 4.16. The van der Waals surface area contributed by atoms with Crippen LogP contribution in [0.5, 0.6) is 0 Å². The molecule has 0 radical (unpaired) electrons. The number of aryl methyl sites for hydroxylation is 1. The Morgan fingerprint density at radius 1 is 1.24 bits per heavy atom. The Balaban J connectivity index is 2.50. The van der Waals surface area contributed by atoms with E-state index in [9.17, 15) is 0 Å². The highest BCUT2D eigenvalue weighted by Crippen LogP contribution is 2.19. The van der Waals surface area contributed by atoms with E-state index in [-0.39, 0.29) is 6.04 Å². The number of rotatable bonds is 7. The van der Waals surface area contributed by atoms with Crippen molar-refractivity contribution in [2.24, 2.45) is 11.7 Å². The summed E-state index contributed by atoms with van der Waals surface area (Å²) < 4.78 is 0. The number of thioether (sulfide) groups is 1. The van der Waals surface area contributed by atoms with Crippen molar-refractivity contribution in [3.63, 3.8) is 0 Å². The third-order valence-electron chi connectivity index (χ3n) is 2.67. The molecule has 0 aliphatic rings. The summed E-state index contributed by atoms with van der Waals surface area (Å²) in [5.41, 5.74) is 8.92. The van der Waals surface area contributed by atoms with Crippen LogP contribution in [-0.2, 0) is 6.42 Å². The summed E-state index contributed by atoms with van der Waals surface area (Å²) >= 11 is 1.96. The van der Waals surface area contributed by atoms with Crippen LogP contribution < -0.4 is 5.73 Å². The Kier molecular flexibility index (Phi) is 6.68. The molecule has 0 fully saturated rings. The Morgan fingerprint density at radius 2 is 2.00 bits per heavy atom. The van der Waals surface area contributed by atoms with Gasteiger partial charge in [0.05, 0.1) is 0 Å². The molecule has 0 heterocycles. The fraction of sp³-hybridized carbons (Fsp3) is 0.600. The van der Waals surface area contributed by atoms with Crippen LogP contribution in [0.15, 0.2) is 24.3 Å². The summed E-state index contributed by atoms with van der Waals surface area (Å²) in [6, 6.07) is 8.92.